The number of non-ortho nitro benzene ring substituents is 1. The highest BCUT2D eigenvalue weighted by atomic mass is 32.2. The minimum absolute atomic E-state index is 0.00671. The highest BCUT2D eigenvalue weighted by Gasteiger charge is 2.25. The third kappa shape index (κ3) is 6.15. The van der Waals surface area contributed by atoms with Gasteiger partial charge in [0.1, 0.15) is 0 Å². The van der Waals surface area contributed by atoms with Crippen LogP contribution in [-0.2, 0) is 14.8 Å². The maximum absolute atomic E-state index is 12.6. The Morgan fingerprint density at radius 3 is 2.60 bits per heavy atom. The lowest BCUT2D eigenvalue weighted by molar-refractivity contribution is -0.384. The molecule has 1 N–H and O–H groups in total. The Hall–Kier alpha value is -3.49. The van der Waals surface area contributed by atoms with Crippen LogP contribution in [0.25, 0.3) is 11.5 Å². The van der Waals surface area contributed by atoms with Gasteiger partial charge in [-0.15, -0.1) is 10.2 Å². The second-order valence-corrected chi connectivity index (χ2v) is 10.6. The van der Waals surface area contributed by atoms with Gasteiger partial charge in [-0.3, -0.25) is 14.9 Å². The maximum atomic E-state index is 12.6. The number of nitro benzene ring substituents is 1. The number of para-hydroxylation sites is 2. The number of nitrogens with zero attached hydrogens (tertiary/aromatic N) is 5. The molecular formula is C21H22N6O6S2. The number of nitrogens with one attached hydrogen (secondary N) is 1. The zero-order valence-corrected chi connectivity index (χ0v) is 20.3. The molecular weight excluding hydrogens is 496 g/mol. The van der Waals surface area contributed by atoms with E-state index in [0.29, 0.717) is 37.4 Å². The van der Waals surface area contributed by atoms with Crippen LogP contribution in [0.2, 0.25) is 0 Å². The van der Waals surface area contributed by atoms with Gasteiger partial charge >= 0.3 is 0 Å². The summed E-state index contributed by atoms with van der Waals surface area (Å²) in [6.07, 6.45) is 1.20. The van der Waals surface area contributed by atoms with E-state index in [1.807, 2.05) is 23.1 Å². The zero-order chi connectivity index (χ0) is 25.0. The van der Waals surface area contributed by atoms with E-state index in [4.69, 9.17) is 4.42 Å². The minimum Gasteiger partial charge on any atom is -0.411 e. The van der Waals surface area contributed by atoms with Crippen molar-refractivity contribution in [3.63, 3.8) is 0 Å². The Morgan fingerprint density at radius 1 is 1.14 bits per heavy atom. The first-order chi connectivity index (χ1) is 16.7. The van der Waals surface area contributed by atoms with Gasteiger partial charge in [0, 0.05) is 43.9 Å². The predicted octanol–water partition coefficient (Wildman–Crippen LogP) is 2.46. The van der Waals surface area contributed by atoms with Gasteiger partial charge in [0.15, 0.2) is 0 Å². The number of sulfonamides is 1. The van der Waals surface area contributed by atoms with Crippen LogP contribution in [0.1, 0.15) is 0 Å². The summed E-state index contributed by atoms with van der Waals surface area (Å²) in [6.45, 7) is 1.77. The van der Waals surface area contributed by atoms with Crippen LogP contribution in [0.5, 0.6) is 0 Å². The monoisotopic (exact) mass is 518 g/mol. The molecule has 1 aliphatic heterocycles. The quantitative estimate of drug-likeness (QED) is 0.267. The molecule has 0 bridgehead atoms. The van der Waals surface area contributed by atoms with Gasteiger partial charge < -0.3 is 14.6 Å². The number of thioether (sulfide) groups is 1. The fourth-order valence-corrected chi connectivity index (χ4v) is 4.96. The van der Waals surface area contributed by atoms with Gasteiger partial charge in [0.25, 0.3) is 10.9 Å². The summed E-state index contributed by atoms with van der Waals surface area (Å²) in [4.78, 5) is 25.1. The van der Waals surface area contributed by atoms with Crippen LogP contribution in [0.4, 0.5) is 17.1 Å². The van der Waals surface area contributed by atoms with Crippen molar-refractivity contribution in [1.82, 2.24) is 14.5 Å². The summed E-state index contributed by atoms with van der Waals surface area (Å²) in [7, 11) is -3.23. The lowest BCUT2D eigenvalue weighted by Crippen LogP contribution is -2.48. The molecule has 0 unspecified atom stereocenters. The van der Waals surface area contributed by atoms with Crippen molar-refractivity contribution in [3.05, 3.63) is 58.6 Å². The number of carbonyl (C=O) groups is 1. The van der Waals surface area contributed by atoms with Crippen molar-refractivity contribution in [2.45, 2.75) is 5.22 Å². The molecule has 0 saturated carbocycles. The number of nitro groups is 1. The molecule has 4 rings (SSSR count). The predicted molar refractivity (Wildman–Crippen MR) is 131 cm³/mol. The fraction of sp³-hybridized carbons (Fsp3) is 0.286. The van der Waals surface area contributed by atoms with Crippen molar-refractivity contribution in [1.29, 1.82) is 0 Å². The number of anilines is 2. The summed E-state index contributed by atoms with van der Waals surface area (Å²) in [5.41, 5.74) is 1.75. The smallest absolute Gasteiger partial charge is 0.277 e. The second kappa shape index (κ2) is 10.4. The molecule has 14 heteroatoms. The van der Waals surface area contributed by atoms with E-state index < -0.39 is 14.9 Å². The van der Waals surface area contributed by atoms with Crippen molar-refractivity contribution in [2.75, 3.05) is 48.4 Å². The van der Waals surface area contributed by atoms with Crippen LogP contribution in [0.3, 0.4) is 0 Å². The lowest BCUT2D eigenvalue weighted by Gasteiger charge is -2.35. The highest BCUT2D eigenvalue weighted by molar-refractivity contribution is 7.99. The first kappa shape index (κ1) is 24.6. The van der Waals surface area contributed by atoms with Crippen LogP contribution < -0.4 is 10.2 Å². The van der Waals surface area contributed by atoms with Crippen molar-refractivity contribution in [3.8, 4) is 11.5 Å². The molecule has 0 spiro atoms. The summed E-state index contributed by atoms with van der Waals surface area (Å²) >= 11 is 1.05. The van der Waals surface area contributed by atoms with Gasteiger partial charge in [-0.25, -0.2) is 8.42 Å². The minimum atomic E-state index is -3.23. The Bertz CT molecular complexity index is 1340. The molecule has 1 aromatic heterocycles. The zero-order valence-electron chi connectivity index (χ0n) is 18.7. The Balaban J connectivity index is 1.36. The number of aromatic nitrogens is 2. The lowest BCUT2D eigenvalue weighted by atomic mass is 10.2. The number of hydrogen-bond acceptors (Lipinski definition) is 10. The van der Waals surface area contributed by atoms with Crippen molar-refractivity contribution >= 4 is 44.8 Å². The number of piperazine rings is 1. The average molecular weight is 519 g/mol. The van der Waals surface area contributed by atoms with Gasteiger partial charge in [-0.1, -0.05) is 30.0 Å². The molecule has 2 aromatic carbocycles. The van der Waals surface area contributed by atoms with Crippen LogP contribution in [0.15, 0.2) is 58.2 Å². The van der Waals surface area contributed by atoms with E-state index in [0.717, 1.165) is 17.4 Å². The average Bonchev–Trinajstić information content (AvgIpc) is 3.32. The molecule has 2 heterocycles. The number of carbonyl (C=O) groups excluding carboxylic acids is 1. The topological polar surface area (TPSA) is 152 Å². The standard InChI is InChI=1S/C21H22N6O6S2/c1-35(31,32)26-11-9-25(10-12-26)18-8-3-2-7-17(18)22-19(28)14-34-21-24-23-20(33-21)15-5-4-6-16(13-15)27(29)30/h2-8,13H,9-12,14H2,1H3,(H,22,28). The van der Waals surface area contributed by atoms with E-state index >= 15 is 0 Å². The first-order valence-electron chi connectivity index (χ1n) is 10.5. The van der Waals surface area contributed by atoms with Gasteiger partial charge in [0.05, 0.1) is 28.3 Å². The number of rotatable bonds is 8. The molecule has 1 saturated heterocycles. The van der Waals surface area contributed by atoms with E-state index in [1.54, 1.807) is 12.1 Å². The van der Waals surface area contributed by atoms with E-state index in [2.05, 4.69) is 15.5 Å². The normalized spacial score (nSPS) is 14.6. The number of hydrogen-bond donors (Lipinski definition) is 1. The van der Waals surface area contributed by atoms with E-state index in [1.165, 1.54) is 28.8 Å². The maximum Gasteiger partial charge on any atom is 0.277 e. The molecule has 1 aliphatic rings. The third-order valence-corrected chi connectivity index (χ3v) is 7.39. The molecule has 0 atom stereocenters. The van der Waals surface area contributed by atoms with Crippen molar-refractivity contribution < 1.29 is 22.6 Å². The first-order valence-corrected chi connectivity index (χ1v) is 13.3. The number of benzene rings is 2. The third-order valence-electron chi connectivity index (χ3n) is 5.26. The molecule has 35 heavy (non-hydrogen) atoms. The summed E-state index contributed by atoms with van der Waals surface area (Å²) in [6, 6.07) is 13.2. The Morgan fingerprint density at radius 2 is 1.89 bits per heavy atom. The largest absolute Gasteiger partial charge is 0.411 e. The Labute approximate surface area is 205 Å². The van der Waals surface area contributed by atoms with Gasteiger partial charge in [-0.05, 0) is 18.2 Å². The summed E-state index contributed by atoms with van der Waals surface area (Å²) < 4.78 is 30.5. The molecule has 1 amide bonds. The molecule has 12 nitrogen and oxygen atoms in total. The SMILES string of the molecule is CS(=O)(=O)N1CCN(c2ccccc2NC(=O)CSc2nnc(-c3cccc([N+](=O)[O-])c3)o2)CC1. The molecule has 0 radical (unpaired) electrons. The second-order valence-electron chi connectivity index (χ2n) is 7.68. The van der Waals surface area contributed by atoms with Gasteiger partial charge in [0.2, 0.25) is 21.8 Å². The van der Waals surface area contributed by atoms with Crippen LogP contribution in [-0.4, -0.2) is 71.9 Å². The van der Waals surface area contributed by atoms with E-state index in [9.17, 15) is 23.3 Å². The molecule has 0 aliphatic carbocycles. The van der Waals surface area contributed by atoms with Crippen LogP contribution >= 0.6 is 11.8 Å². The van der Waals surface area contributed by atoms with E-state index in [-0.39, 0.29) is 28.5 Å². The van der Waals surface area contributed by atoms with Crippen molar-refractivity contribution in [2.24, 2.45) is 0 Å². The number of amides is 1. The molecule has 3 aromatic rings. The summed E-state index contributed by atoms with van der Waals surface area (Å²) in [5.74, 6) is -0.158. The summed E-state index contributed by atoms with van der Waals surface area (Å²) in [5, 5.41) is 21.8. The van der Waals surface area contributed by atoms with Gasteiger partial charge in [-0.2, -0.15) is 4.31 Å². The molecule has 184 valence electrons. The Kier molecular flexibility index (Phi) is 7.33. The fourth-order valence-electron chi connectivity index (χ4n) is 3.57. The van der Waals surface area contributed by atoms with Crippen LogP contribution in [0, 0.1) is 10.1 Å². The highest BCUT2D eigenvalue weighted by Crippen LogP contribution is 2.29. The molecule has 1 fully saturated rings.